The Morgan fingerprint density at radius 3 is 0.778 bits per heavy atom. The molecule has 2 aliphatic heterocycles. The van der Waals surface area contributed by atoms with E-state index in [4.69, 9.17) is 0 Å². The van der Waals surface area contributed by atoms with Crippen molar-refractivity contribution in [3.8, 4) is 0 Å². The molecule has 0 bridgehead atoms. The number of carbonyl (C=O) groups is 2. The molecule has 0 saturated carbocycles. The van der Waals surface area contributed by atoms with Crippen molar-refractivity contribution in [2.45, 2.75) is 219 Å². The quantitative estimate of drug-likeness (QED) is 0.0738. The predicted octanol–water partition coefficient (Wildman–Crippen LogP) is 2.72. The van der Waals surface area contributed by atoms with Crippen LogP contribution in [0.2, 0.25) is 0 Å². The van der Waals surface area contributed by atoms with Gasteiger partial charge in [-0.3, -0.25) is 20.8 Å². The monoisotopic (exact) mass is 775 g/mol. The molecule has 0 spiro atoms. The minimum Gasteiger partial charge on any atom is -0.543 e. The standard InChI is InChI=1S/2C21H39N3O2.2Na/c2*1-2-3-4-5-6-7-8-9-10-11-12-13-14-15-16-17-18-22-20-19(21(25)26)23-24-20;;/h2*2-18H2,1H3,(H,22,24)(H,25,26);;/q;;2*+1/p-2. The molecule has 2 heterocycles. The van der Waals surface area contributed by atoms with Crippen LogP contribution in [0, 0.1) is 0 Å². The zero-order valence-electron chi connectivity index (χ0n) is 35.5. The summed E-state index contributed by atoms with van der Waals surface area (Å²) in [6.07, 6.45) is 43.1. The summed E-state index contributed by atoms with van der Waals surface area (Å²) in [4.78, 5) is 29.6. The number of carbonyl (C=O) groups excluding carboxylic acids is 2. The summed E-state index contributed by atoms with van der Waals surface area (Å²) < 4.78 is 0. The number of carboxylic acids is 2. The second-order valence-electron chi connectivity index (χ2n) is 14.8. The molecule has 54 heavy (non-hydrogen) atoms. The largest absolute Gasteiger partial charge is 1.00 e. The average molecular weight is 775 g/mol. The van der Waals surface area contributed by atoms with Crippen molar-refractivity contribution in [3.63, 3.8) is 0 Å². The van der Waals surface area contributed by atoms with Crippen LogP contribution in [-0.4, -0.2) is 48.1 Å². The van der Waals surface area contributed by atoms with Crippen molar-refractivity contribution in [2.75, 3.05) is 13.1 Å². The van der Waals surface area contributed by atoms with Crippen LogP contribution in [0.3, 0.4) is 0 Å². The van der Waals surface area contributed by atoms with Gasteiger partial charge in [0.2, 0.25) is 0 Å². The maximum absolute atomic E-state index is 10.6. The normalized spacial score (nSPS) is 14.3. The molecule has 2 rings (SSSR count). The molecule has 0 atom stereocenters. The van der Waals surface area contributed by atoms with Crippen LogP contribution in [0.4, 0.5) is 0 Å². The average Bonchev–Trinajstić information content (AvgIpc) is 3.09. The molecular formula is C42H76N6Na2O4. The molecule has 2 aliphatic rings. The minimum atomic E-state index is -1.26. The van der Waals surface area contributed by atoms with Crippen LogP contribution in [0.15, 0.2) is 20.2 Å². The number of carboxylic acid groups (broad SMARTS) is 2. The Morgan fingerprint density at radius 1 is 0.407 bits per heavy atom. The van der Waals surface area contributed by atoms with E-state index in [-0.39, 0.29) is 70.5 Å². The number of aliphatic carboxylic acids is 2. The van der Waals surface area contributed by atoms with Gasteiger partial charge in [-0.05, 0) is 12.8 Å². The van der Waals surface area contributed by atoms with Crippen LogP contribution >= 0.6 is 0 Å². The third-order valence-electron chi connectivity index (χ3n) is 9.95. The fourth-order valence-electron chi connectivity index (χ4n) is 6.53. The number of hydrogen-bond acceptors (Lipinski definition) is 8. The number of hydrazone groups is 2. The van der Waals surface area contributed by atoms with Crippen molar-refractivity contribution in [1.82, 2.24) is 10.9 Å². The summed E-state index contributed by atoms with van der Waals surface area (Å²) in [5, 5.41) is 28.3. The van der Waals surface area contributed by atoms with E-state index in [2.05, 4.69) is 44.9 Å². The maximum atomic E-state index is 10.6. The molecule has 0 aromatic heterocycles. The van der Waals surface area contributed by atoms with Crippen molar-refractivity contribution < 1.29 is 78.9 Å². The van der Waals surface area contributed by atoms with E-state index in [1.54, 1.807) is 0 Å². The SMILES string of the molecule is CCCCCCCCCCCCCCCCCCN=C1NN=C1C(=O)[O-].CCCCCCCCCCCCCCCCCCN=C1NN=C1C(=O)[O-].[Na+].[Na+]. The molecule has 0 aromatic rings. The van der Waals surface area contributed by atoms with E-state index in [1.165, 1.54) is 180 Å². The Kier molecular flexibility index (Phi) is 42.9. The smallest absolute Gasteiger partial charge is 0.543 e. The number of aliphatic imine (C=N–C) groups is 2. The van der Waals surface area contributed by atoms with Crippen LogP contribution < -0.4 is 80.2 Å². The van der Waals surface area contributed by atoms with E-state index >= 15 is 0 Å². The van der Waals surface area contributed by atoms with Gasteiger partial charge in [0.15, 0.2) is 11.7 Å². The first kappa shape index (κ1) is 55.3. The second kappa shape index (κ2) is 41.8. The number of nitrogens with zero attached hydrogens (tertiary/aromatic N) is 4. The number of unbranched alkanes of at least 4 members (excludes halogenated alkanes) is 30. The summed E-state index contributed by atoms with van der Waals surface area (Å²) in [6.45, 7) is 5.87. The zero-order valence-corrected chi connectivity index (χ0v) is 39.5. The fourth-order valence-corrected chi connectivity index (χ4v) is 6.53. The van der Waals surface area contributed by atoms with Gasteiger partial charge in [0.05, 0.1) is 11.9 Å². The minimum absolute atomic E-state index is 0. The van der Waals surface area contributed by atoms with Gasteiger partial charge in [-0.25, -0.2) is 0 Å². The van der Waals surface area contributed by atoms with Gasteiger partial charge in [-0.1, -0.05) is 206 Å². The molecule has 0 aromatic carbocycles. The molecule has 10 nitrogen and oxygen atoms in total. The van der Waals surface area contributed by atoms with Gasteiger partial charge in [0.1, 0.15) is 11.4 Å². The second-order valence-corrected chi connectivity index (χ2v) is 14.8. The molecule has 0 radical (unpaired) electrons. The molecular weight excluding hydrogens is 698 g/mol. The summed E-state index contributed by atoms with van der Waals surface area (Å²) in [6, 6.07) is 0. The molecule has 0 saturated heterocycles. The topological polar surface area (TPSA) is 154 Å². The van der Waals surface area contributed by atoms with Gasteiger partial charge in [-0.15, -0.1) is 0 Å². The summed E-state index contributed by atoms with van der Waals surface area (Å²) in [7, 11) is 0. The molecule has 300 valence electrons. The third-order valence-corrected chi connectivity index (χ3v) is 9.95. The Morgan fingerprint density at radius 2 is 0.611 bits per heavy atom. The maximum Gasteiger partial charge on any atom is 1.00 e. The van der Waals surface area contributed by atoms with E-state index in [9.17, 15) is 19.8 Å². The molecule has 0 amide bonds. The van der Waals surface area contributed by atoms with E-state index < -0.39 is 11.9 Å². The first-order valence-corrected chi connectivity index (χ1v) is 21.7. The fraction of sp³-hybridized carbons (Fsp3) is 0.857. The van der Waals surface area contributed by atoms with E-state index in [0.29, 0.717) is 24.8 Å². The third kappa shape index (κ3) is 32.3. The van der Waals surface area contributed by atoms with Crippen LogP contribution in [-0.2, 0) is 9.59 Å². The Hall–Kier alpha value is -0.780. The predicted molar refractivity (Wildman–Crippen MR) is 215 cm³/mol. The van der Waals surface area contributed by atoms with Gasteiger partial charge in [0, 0.05) is 13.1 Å². The Bertz CT molecular complexity index is 958. The molecule has 0 unspecified atom stereocenters. The van der Waals surface area contributed by atoms with Crippen LogP contribution in [0.25, 0.3) is 0 Å². The Labute approximate surface area is 374 Å². The number of amidine groups is 2. The van der Waals surface area contributed by atoms with Gasteiger partial charge in [-0.2, -0.15) is 10.2 Å². The number of rotatable bonds is 36. The molecule has 0 aliphatic carbocycles. The zero-order chi connectivity index (χ0) is 37.7. The van der Waals surface area contributed by atoms with Crippen molar-refractivity contribution in [1.29, 1.82) is 0 Å². The summed E-state index contributed by atoms with van der Waals surface area (Å²) >= 11 is 0. The summed E-state index contributed by atoms with van der Waals surface area (Å²) in [5.74, 6) is -1.78. The van der Waals surface area contributed by atoms with E-state index in [1.807, 2.05) is 0 Å². The van der Waals surface area contributed by atoms with Crippen LogP contribution in [0.5, 0.6) is 0 Å². The molecule has 12 heteroatoms. The number of hydrogen-bond donors (Lipinski definition) is 2. The molecule has 0 fully saturated rings. The summed E-state index contributed by atoms with van der Waals surface area (Å²) in [5.41, 5.74) is 4.99. The van der Waals surface area contributed by atoms with Crippen molar-refractivity contribution >= 4 is 35.0 Å². The van der Waals surface area contributed by atoms with Crippen LogP contribution in [0.1, 0.15) is 219 Å². The molecule has 2 N–H and O–H groups in total. The van der Waals surface area contributed by atoms with Gasteiger partial charge >= 0.3 is 59.1 Å². The van der Waals surface area contributed by atoms with Crippen molar-refractivity contribution in [3.05, 3.63) is 0 Å². The van der Waals surface area contributed by atoms with Crippen molar-refractivity contribution in [2.24, 2.45) is 20.2 Å². The Balaban J connectivity index is 0. The van der Waals surface area contributed by atoms with Gasteiger partial charge < -0.3 is 19.8 Å². The van der Waals surface area contributed by atoms with E-state index in [0.717, 1.165) is 25.7 Å². The number of nitrogens with one attached hydrogen (secondary N) is 2. The first-order chi connectivity index (χ1) is 25.5. The van der Waals surface area contributed by atoms with Gasteiger partial charge in [0.25, 0.3) is 0 Å². The first-order valence-electron chi connectivity index (χ1n) is 21.7.